The van der Waals surface area contributed by atoms with Gasteiger partial charge in [0, 0.05) is 32.0 Å². The molecule has 2 aromatic heterocycles. The van der Waals surface area contributed by atoms with Gasteiger partial charge in [-0.1, -0.05) is 19.9 Å². The number of nitrogens with zero attached hydrogens (tertiary/aromatic N) is 3. The maximum Gasteiger partial charge on any atom is 0.153 e. The van der Waals surface area contributed by atoms with E-state index in [-0.39, 0.29) is 0 Å². The fourth-order valence-electron chi connectivity index (χ4n) is 2.20. The number of methoxy groups -OCH3 is 1. The molecule has 0 aliphatic heterocycles. The Balaban J connectivity index is 2.20. The summed E-state index contributed by atoms with van der Waals surface area (Å²) in [6.45, 7) is 6.70. The molecule has 2 aromatic rings. The van der Waals surface area contributed by atoms with Crippen LogP contribution in [-0.2, 0) is 11.3 Å². The molecule has 0 saturated heterocycles. The lowest BCUT2D eigenvalue weighted by Crippen LogP contribution is -2.19. The molecular weight excluding hydrogens is 252 g/mol. The van der Waals surface area contributed by atoms with Gasteiger partial charge in [0.05, 0.1) is 18.5 Å². The summed E-state index contributed by atoms with van der Waals surface area (Å²) in [6, 6.07) is 5.86. The largest absolute Gasteiger partial charge is 0.383 e. The van der Waals surface area contributed by atoms with Crippen LogP contribution in [0.15, 0.2) is 30.6 Å². The maximum atomic E-state index is 5.04. The SMILES string of the molecule is COCCNCc1cnn(-c2ccccn2)c1C(C)C. The number of nitrogens with one attached hydrogen (secondary N) is 1. The predicted molar refractivity (Wildman–Crippen MR) is 79.0 cm³/mol. The molecule has 0 bridgehead atoms. The van der Waals surface area contributed by atoms with Gasteiger partial charge < -0.3 is 10.1 Å². The minimum atomic E-state index is 0.388. The summed E-state index contributed by atoms with van der Waals surface area (Å²) in [5.41, 5.74) is 2.41. The van der Waals surface area contributed by atoms with Crippen molar-refractivity contribution in [2.75, 3.05) is 20.3 Å². The van der Waals surface area contributed by atoms with Crippen LogP contribution in [0.4, 0.5) is 0 Å². The van der Waals surface area contributed by atoms with E-state index in [1.807, 2.05) is 29.1 Å². The highest BCUT2D eigenvalue weighted by atomic mass is 16.5. The molecule has 0 spiro atoms. The van der Waals surface area contributed by atoms with Gasteiger partial charge in [-0.05, 0) is 18.1 Å². The molecule has 0 aliphatic carbocycles. The smallest absolute Gasteiger partial charge is 0.153 e. The standard InChI is InChI=1S/C15H22N4O/c1-12(2)15-13(10-16-8-9-20-3)11-18-19(15)14-6-4-5-7-17-14/h4-7,11-12,16H,8-10H2,1-3H3. The van der Waals surface area contributed by atoms with Gasteiger partial charge in [0.25, 0.3) is 0 Å². The molecule has 0 radical (unpaired) electrons. The van der Waals surface area contributed by atoms with Crippen molar-refractivity contribution < 1.29 is 4.74 Å². The lowest BCUT2D eigenvalue weighted by atomic mass is 10.1. The number of ether oxygens (including phenoxy) is 1. The lowest BCUT2D eigenvalue weighted by molar-refractivity contribution is 0.199. The summed E-state index contributed by atoms with van der Waals surface area (Å²) in [5, 5.41) is 7.85. The van der Waals surface area contributed by atoms with E-state index < -0.39 is 0 Å². The summed E-state index contributed by atoms with van der Waals surface area (Å²) in [6.07, 6.45) is 3.71. The van der Waals surface area contributed by atoms with E-state index in [1.54, 1.807) is 13.3 Å². The van der Waals surface area contributed by atoms with Crippen LogP contribution in [0.2, 0.25) is 0 Å². The van der Waals surface area contributed by atoms with E-state index in [4.69, 9.17) is 4.74 Å². The van der Waals surface area contributed by atoms with E-state index in [0.29, 0.717) is 12.5 Å². The summed E-state index contributed by atoms with van der Waals surface area (Å²) < 4.78 is 6.97. The van der Waals surface area contributed by atoms with Crippen LogP contribution >= 0.6 is 0 Å². The highest BCUT2D eigenvalue weighted by molar-refractivity contribution is 5.30. The van der Waals surface area contributed by atoms with Crippen LogP contribution in [0.5, 0.6) is 0 Å². The molecule has 0 atom stereocenters. The van der Waals surface area contributed by atoms with Crippen LogP contribution in [0, 0.1) is 0 Å². The van der Waals surface area contributed by atoms with Crippen LogP contribution in [0.1, 0.15) is 31.0 Å². The number of rotatable bonds is 7. The molecule has 0 unspecified atom stereocenters. The third kappa shape index (κ3) is 3.43. The average Bonchev–Trinajstić information content (AvgIpc) is 2.88. The van der Waals surface area contributed by atoms with Crippen molar-refractivity contribution >= 4 is 0 Å². The maximum absolute atomic E-state index is 5.04. The van der Waals surface area contributed by atoms with Gasteiger partial charge in [-0.15, -0.1) is 0 Å². The Morgan fingerprint density at radius 3 is 2.85 bits per heavy atom. The molecule has 108 valence electrons. The highest BCUT2D eigenvalue weighted by Gasteiger charge is 2.15. The van der Waals surface area contributed by atoms with Gasteiger partial charge in [0.15, 0.2) is 5.82 Å². The van der Waals surface area contributed by atoms with Crippen molar-refractivity contribution in [3.05, 3.63) is 41.9 Å². The fraction of sp³-hybridized carbons (Fsp3) is 0.467. The van der Waals surface area contributed by atoms with Crippen molar-refractivity contribution in [2.45, 2.75) is 26.3 Å². The van der Waals surface area contributed by atoms with Crippen LogP contribution < -0.4 is 5.32 Å². The lowest BCUT2D eigenvalue weighted by Gasteiger charge is -2.12. The number of aromatic nitrogens is 3. The summed E-state index contributed by atoms with van der Waals surface area (Å²) >= 11 is 0. The molecule has 5 heteroatoms. The van der Waals surface area contributed by atoms with E-state index in [2.05, 4.69) is 29.2 Å². The van der Waals surface area contributed by atoms with Crippen molar-refractivity contribution in [2.24, 2.45) is 0 Å². The van der Waals surface area contributed by atoms with Crippen LogP contribution in [-0.4, -0.2) is 35.0 Å². The van der Waals surface area contributed by atoms with Crippen molar-refractivity contribution in [1.29, 1.82) is 0 Å². The number of hydrogen-bond donors (Lipinski definition) is 1. The van der Waals surface area contributed by atoms with Gasteiger partial charge in [0.1, 0.15) is 0 Å². The molecule has 0 fully saturated rings. The first-order valence-electron chi connectivity index (χ1n) is 6.92. The third-order valence-corrected chi connectivity index (χ3v) is 3.10. The Morgan fingerprint density at radius 2 is 2.20 bits per heavy atom. The zero-order chi connectivity index (χ0) is 14.4. The van der Waals surface area contributed by atoms with Crippen molar-refractivity contribution in [1.82, 2.24) is 20.1 Å². The third-order valence-electron chi connectivity index (χ3n) is 3.10. The molecule has 0 amide bonds. The first-order chi connectivity index (χ1) is 9.74. The Hall–Kier alpha value is -1.72. The average molecular weight is 274 g/mol. The first-order valence-corrected chi connectivity index (χ1v) is 6.92. The molecule has 0 aliphatic rings. The van der Waals surface area contributed by atoms with Crippen LogP contribution in [0.3, 0.4) is 0 Å². The Labute approximate surface area is 120 Å². The quantitative estimate of drug-likeness (QED) is 0.786. The van der Waals surface area contributed by atoms with E-state index in [9.17, 15) is 0 Å². The topological polar surface area (TPSA) is 52.0 Å². The van der Waals surface area contributed by atoms with E-state index >= 15 is 0 Å². The molecule has 1 N–H and O–H groups in total. The van der Waals surface area contributed by atoms with Gasteiger partial charge in [-0.2, -0.15) is 5.10 Å². The number of pyridine rings is 1. The molecule has 0 aromatic carbocycles. The molecule has 20 heavy (non-hydrogen) atoms. The Bertz CT molecular complexity index is 522. The number of hydrogen-bond acceptors (Lipinski definition) is 4. The van der Waals surface area contributed by atoms with Gasteiger partial charge >= 0.3 is 0 Å². The Morgan fingerprint density at radius 1 is 1.35 bits per heavy atom. The summed E-state index contributed by atoms with van der Waals surface area (Å²) in [5.74, 6) is 1.25. The molecular formula is C15H22N4O. The second kappa shape index (κ2) is 7.17. The van der Waals surface area contributed by atoms with Crippen molar-refractivity contribution in [3.63, 3.8) is 0 Å². The fourth-order valence-corrected chi connectivity index (χ4v) is 2.20. The minimum absolute atomic E-state index is 0.388. The molecule has 5 nitrogen and oxygen atoms in total. The van der Waals surface area contributed by atoms with Gasteiger partial charge in [-0.25, -0.2) is 9.67 Å². The monoisotopic (exact) mass is 274 g/mol. The summed E-state index contributed by atoms with van der Waals surface area (Å²) in [4.78, 5) is 4.38. The first kappa shape index (κ1) is 14.7. The molecule has 2 rings (SSSR count). The van der Waals surface area contributed by atoms with E-state index in [1.165, 1.54) is 11.3 Å². The highest BCUT2D eigenvalue weighted by Crippen LogP contribution is 2.21. The predicted octanol–water partition coefficient (Wildman–Crippen LogP) is 2.13. The molecule has 0 saturated carbocycles. The zero-order valence-corrected chi connectivity index (χ0v) is 12.3. The zero-order valence-electron chi connectivity index (χ0n) is 12.3. The van der Waals surface area contributed by atoms with Crippen LogP contribution in [0.25, 0.3) is 5.82 Å². The summed E-state index contributed by atoms with van der Waals surface area (Å²) in [7, 11) is 1.71. The normalized spacial score (nSPS) is 11.2. The van der Waals surface area contributed by atoms with E-state index in [0.717, 1.165) is 18.9 Å². The second-order valence-corrected chi connectivity index (χ2v) is 4.98. The van der Waals surface area contributed by atoms with Gasteiger partial charge in [0.2, 0.25) is 0 Å². The second-order valence-electron chi connectivity index (χ2n) is 4.98. The van der Waals surface area contributed by atoms with Crippen molar-refractivity contribution in [3.8, 4) is 5.82 Å². The minimum Gasteiger partial charge on any atom is -0.383 e. The Kier molecular flexibility index (Phi) is 5.26. The molecule has 2 heterocycles. The van der Waals surface area contributed by atoms with Gasteiger partial charge in [-0.3, -0.25) is 0 Å².